The third-order valence-corrected chi connectivity index (χ3v) is 2.40. The van der Waals surface area contributed by atoms with Crippen molar-refractivity contribution in [3.8, 4) is 0 Å². The predicted octanol–water partition coefficient (Wildman–Crippen LogP) is 1.05. The number of Topliss-reactive ketones (excluding diaryl/α,β-unsaturated/α-hetero) is 1. The van der Waals surface area contributed by atoms with Crippen molar-refractivity contribution in [2.75, 3.05) is 19.5 Å². The lowest BCUT2D eigenvalue weighted by Gasteiger charge is -2.16. The molecule has 0 aliphatic carbocycles. The van der Waals surface area contributed by atoms with Gasteiger partial charge in [0.05, 0.1) is 5.88 Å². The summed E-state index contributed by atoms with van der Waals surface area (Å²) in [5, 5.41) is 0. The molecule has 0 N–H and O–H groups in total. The molecule has 0 saturated heterocycles. The van der Waals surface area contributed by atoms with E-state index in [0.29, 0.717) is 0 Å². The van der Waals surface area contributed by atoms with Gasteiger partial charge < -0.3 is 0 Å². The number of ketones is 1. The Morgan fingerprint density at radius 3 is 2.91 bits per heavy atom. The van der Waals surface area contributed by atoms with E-state index in [2.05, 4.69) is 4.90 Å². The predicted molar refractivity (Wildman–Crippen MR) is 45.9 cm³/mol. The van der Waals surface area contributed by atoms with Crippen LogP contribution in [-0.2, 0) is 4.79 Å². The Bertz CT molecular complexity index is 200. The summed E-state index contributed by atoms with van der Waals surface area (Å²) in [5.74, 6) is 0.160. The van der Waals surface area contributed by atoms with Gasteiger partial charge in [0, 0.05) is 18.2 Å². The number of hydrogen-bond acceptors (Lipinski definition) is 2. The highest BCUT2D eigenvalue weighted by atomic mass is 35.5. The molecule has 0 amide bonds. The lowest BCUT2D eigenvalue weighted by atomic mass is 10.1. The highest BCUT2D eigenvalue weighted by Gasteiger charge is 2.23. The maximum Gasteiger partial charge on any atom is 0.174 e. The van der Waals surface area contributed by atoms with Crippen LogP contribution in [0.25, 0.3) is 0 Å². The molecule has 2 nitrogen and oxygen atoms in total. The molecule has 1 heterocycles. The molecule has 1 aliphatic heterocycles. The van der Waals surface area contributed by atoms with Gasteiger partial charge in [0.1, 0.15) is 0 Å². The largest absolute Gasteiger partial charge is 0.296 e. The minimum absolute atomic E-state index is 0.0588. The van der Waals surface area contributed by atoms with Crippen LogP contribution in [0.4, 0.5) is 0 Å². The quantitative estimate of drug-likeness (QED) is 0.582. The number of carbonyl (C=O) groups excluding carboxylic acids is 1. The van der Waals surface area contributed by atoms with E-state index in [9.17, 15) is 4.79 Å². The van der Waals surface area contributed by atoms with Crippen LogP contribution in [0.1, 0.15) is 6.92 Å². The Morgan fingerprint density at radius 2 is 2.55 bits per heavy atom. The van der Waals surface area contributed by atoms with Crippen molar-refractivity contribution < 1.29 is 4.79 Å². The smallest absolute Gasteiger partial charge is 0.174 e. The Kier molecular flexibility index (Phi) is 2.68. The van der Waals surface area contributed by atoms with Crippen LogP contribution < -0.4 is 0 Å². The topological polar surface area (TPSA) is 20.3 Å². The number of nitrogens with zero attached hydrogens (tertiary/aromatic N) is 1. The van der Waals surface area contributed by atoms with Crippen LogP contribution in [0.2, 0.25) is 0 Å². The van der Waals surface area contributed by atoms with Gasteiger partial charge in [0.25, 0.3) is 0 Å². The average Bonchev–Trinajstić information content (AvgIpc) is 2.32. The zero-order valence-electron chi connectivity index (χ0n) is 6.80. The van der Waals surface area contributed by atoms with Crippen molar-refractivity contribution in [3.63, 3.8) is 0 Å². The van der Waals surface area contributed by atoms with Crippen molar-refractivity contribution in [2.24, 2.45) is 0 Å². The summed E-state index contributed by atoms with van der Waals surface area (Å²) in [4.78, 5) is 13.3. The second-order valence-electron chi connectivity index (χ2n) is 2.83. The summed E-state index contributed by atoms with van der Waals surface area (Å²) in [6, 6.07) is 0.237. The van der Waals surface area contributed by atoms with Crippen LogP contribution in [0, 0.1) is 0 Å². The number of rotatable bonds is 2. The fraction of sp³-hybridized carbons (Fsp3) is 0.625. The second-order valence-corrected chi connectivity index (χ2v) is 3.10. The van der Waals surface area contributed by atoms with Crippen LogP contribution in [0.15, 0.2) is 11.6 Å². The first-order chi connectivity index (χ1) is 5.16. The molecule has 0 unspecified atom stereocenters. The summed E-state index contributed by atoms with van der Waals surface area (Å²) >= 11 is 5.44. The number of carbonyl (C=O) groups is 1. The summed E-state index contributed by atoms with van der Waals surface area (Å²) in [5.41, 5.74) is 0.863. The summed E-state index contributed by atoms with van der Waals surface area (Å²) in [6.45, 7) is 2.88. The van der Waals surface area contributed by atoms with Gasteiger partial charge in [-0.1, -0.05) is 6.08 Å². The highest BCUT2D eigenvalue weighted by molar-refractivity contribution is 6.30. The van der Waals surface area contributed by atoms with E-state index in [1.165, 1.54) is 0 Å². The van der Waals surface area contributed by atoms with Gasteiger partial charge in [-0.2, -0.15) is 0 Å². The number of likely N-dealkylation sites (N-methyl/N-ethyl adjacent to an activating group) is 1. The van der Waals surface area contributed by atoms with E-state index in [4.69, 9.17) is 11.6 Å². The van der Waals surface area contributed by atoms with Crippen molar-refractivity contribution in [1.29, 1.82) is 0 Å². The minimum Gasteiger partial charge on any atom is -0.296 e. The molecular formula is C8H12ClNO. The molecule has 1 aliphatic rings. The van der Waals surface area contributed by atoms with Gasteiger partial charge in [0.2, 0.25) is 0 Å². The van der Waals surface area contributed by atoms with Crippen LogP contribution in [0.5, 0.6) is 0 Å². The van der Waals surface area contributed by atoms with Crippen molar-refractivity contribution >= 4 is 17.4 Å². The monoisotopic (exact) mass is 173 g/mol. The van der Waals surface area contributed by atoms with Crippen LogP contribution in [-0.4, -0.2) is 36.2 Å². The lowest BCUT2D eigenvalue weighted by Crippen LogP contribution is -2.27. The lowest BCUT2D eigenvalue weighted by molar-refractivity contribution is -0.113. The van der Waals surface area contributed by atoms with Gasteiger partial charge in [-0.25, -0.2) is 0 Å². The van der Waals surface area contributed by atoms with E-state index < -0.39 is 0 Å². The van der Waals surface area contributed by atoms with E-state index in [1.807, 2.05) is 20.0 Å². The molecule has 0 saturated carbocycles. The van der Waals surface area contributed by atoms with E-state index in [1.54, 1.807) is 0 Å². The van der Waals surface area contributed by atoms with Crippen molar-refractivity contribution in [1.82, 2.24) is 4.90 Å². The van der Waals surface area contributed by atoms with Gasteiger partial charge in [-0.15, -0.1) is 11.6 Å². The normalized spacial score (nSPS) is 25.4. The third kappa shape index (κ3) is 1.63. The average molecular weight is 174 g/mol. The fourth-order valence-corrected chi connectivity index (χ4v) is 1.39. The second kappa shape index (κ2) is 3.37. The Morgan fingerprint density at radius 1 is 1.91 bits per heavy atom. The van der Waals surface area contributed by atoms with E-state index in [0.717, 1.165) is 12.1 Å². The molecule has 0 radical (unpaired) electrons. The molecule has 0 spiro atoms. The number of hydrogen-bond donors (Lipinski definition) is 0. The van der Waals surface area contributed by atoms with Gasteiger partial charge >= 0.3 is 0 Å². The molecular weight excluding hydrogens is 162 g/mol. The van der Waals surface area contributed by atoms with Crippen LogP contribution in [0.3, 0.4) is 0 Å². The molecule has 1 rings (SSSR count). The molecule has 0 fully saturated rings. The summed E-state index contributed by atoms with van der Waals surface area (Å²) < 4.78 is 0. The summed E-state index contributed by atoms with van der Waals surface area (Å²) in [6.07, 6.45) is 1.95. The Hall–Kier alpha value is -0.340. The molecule has 11 heavy (non-hydrogen) atoms. The zero-order chi connectivity index (χ0) is 8.43. The van der Waals surface area contributed by atoms with Crippen molar-refractivity contribution in [3.05, 3.63) is 11.6 Å². The Labute approximate surface area is 71.8 Å². The number of halogens is 1. The first-order valence-electron chi connectivity index (χ1n) is 3.66. The summed E-state index contributed by atoms with van der Waals surface area (Å²) in [7, 11) is 2.00. The Balaban J connectivity index is 2.67. The maximum absolute atomic E-state index is 11.1. The van der Waals surface area contributed by atoms with Crippen molar-refractivity contribution in [2.45, 2.75) is 13.0 Å². The third-order valence-electron chi connectivity index (χ3n) is 2.15. The molecule has 0 aromatic heterocycles. The molecule has 62 valence electrons. The molecule has 0 bridgehead atoms. The van der Waals surface area contributed by atoms with E-state index >= 15 is 0 Å². The maximum atomic E-state index is 11.1. The number of alkyl halides is 1. The van der Waals surface area contributed by atoms with Gasteiger partial charge in [-0.3, -0.25) is 9.69 Å². The molecule has 0 aromatic rings. The zero-order valence-corrected chi connectivity index (χ0v) is 7.56. The first kappa shape index (κ1) is 8.75. The molecule has 1 atom stereocenters. The highest BCUT2D eigenvalue weighted by Crippen LogP contribution is 2.16. The fourth-order valence-electron chi connectivity index (χ4n) is 1.23. The van der Waals surface area contributed by atoms with Gasteiger partial charge in [-0.05, 0) is 14.0 Å². The van der Waals surface area contributed by atoms with Gasteiger partial charge in [0.15, 0.2) is 5.78 Å². The molecule has 3 heteroatoms. The SMILES string of the molecule is C[C@@H]1C(C(=O)CCl)=CCN1C. The van der Waals surface area contributed by atoms with E-state index in [-0.39, 0.29) is 17.7 Å². The molecule has 0 aromatic carbocycles. The standard InChI is InChI=1S/C8H12ClNO/c1-6-7(8(11)5-9)3-4-10(6)2/h3,6H,4-5H2,1-2H3/t6-/m1/s1. The minimum atomic E-state index is 0.0588. The van der Waals surface area contributed by atoms with Crippen LogP contribution >= 0.6 is 11.6 Å². The first-order valence-corrected chi connectivity index (χ1v) is 4.19.